The van der Waals surface area contributed by atoms with Crippen molar-refractivity contribution < 1.29 is 28.8 Å². The summed E-state index contributed by atoms with van der Waals surface area (Å²) in [6.07, 6.45) is 20.9. The van der Waals surface area contributed by atoms with Crippen LogP contribution in [-0.4, -0.2) is 120 Å². The Morgan fingerprint density at radius 2 is 0.906 bits per heavy atom. The molecule has 4 fully saturated rings. The summed E-state index contributed by atoms with van der Waals surface area (Å²) in [5, 5.41) is 8.24. The van der Waals surface area contributed by atoms with Crippen LogP contribution in [-0.2, 0) is 17.6 Å². The minimum Gasteiger partial charge on any atom is -0.497 e. The van der Waals surface area contributed by atoms with Crippen LogP contribution in [0, 0.1) is 59.2 Å². The Hall–Kier alpha value is -4.12. The molecule has 3 heterocycles. The van der Waals surface area contributed by atoms with Crippen molar-refractivity contribution in [1.29, 1.82) is 0 Å². The molecule has 3 aliphatic heterocycles. The second-order valence-electron chi connectivity index (χ2n) is 31.5. The number of aliphatic hydroxyl groups excluding tert-OH is 1. The summed E-state index contributed by atoms with van der Waals surface area (Å²) in [6.45, 7) is 59.3. The van der Waals surface area contributed by atoms with Crippen LogP contribution in [0.3, 0.4) is 0 Å². The quantitative estimate of drug-likeness (QED) is 0.0988. The van der Waals surface area contributed by atoms with E-state index in [2.05, 4.69) is 228 Å². The Morgan fingerprint density at radius 3 is 1.29 bits per heavy atom. The van der Waals surface area contributed by atoms with Gasteiger partial charge in [-0.3, -0.25) is 4.90 Å². The molecule has 2 saturated carbocycles. The summed E-state index contributed by atoms with van der Waals surface area (Å²) in [4.78, 5) is 7.43. The predicted molar refractivity (Wildman–Crippen MR) is 420 cm³/mol. The Balaban J connectivity index is 0.00000105. The standard InChI is InChI=1S/C11H16O.C10H12O2.C10H14O.C10H20.C10H14.C9H20N2.C8H17NO.C8H16.C6H14.C5H12O/c1-9(2)8-10-4-6-11(12-3)7-5-10;1-7(2)8-3-4-9-10(5-8)12-6-11-9;1-8(2)9-4-6-10(11-3)7-5-9;2*1-9(2)8-10-6-4-3-5-7-10;1-9(2)8-11-6-4-10(3)5-7-11;1-8(2)7-9-3-5-10-6-4-9;1-7(2)8-5-3-4-6-8;1-4-5-6(2)3;1-5(2)3-4-6/h4-7,9H,8H2,1-3H3;3-5,7H,6H2,1-2H3;4-8H,1-3H3;9-10H,3-8H2,1-2H3;3-7,9H,8H2,1-2H3;9H,4-8H2,1-3H3;8H,3-7H2,1-2H3;7-8H,3-6H2,1-2H3;6H,4-5H2,1-3H3;5-6H,3-4H2,1-2H3. The van der Waals surface area contributed by atoms with Crippen molar-refractivity contribution >= 4 is 0 Å². The number of aliphatic hydroxyl groups is 1. The molecule has 0 amide bonds. The van der Waals surface area contributed by atoms with Crippen molar-refractivity contribution in [1.82, 2.24) is 14.7 Å². The molecule has 0 radical (unpaired) electrons. The third kappa shape index (κ3) is 51.1. The molecule has 9 rings (SSSR count). The second kappa shape index (κ2) is 57.6. The monoisotopic (exact) mass is 1340 g/mol. The van der Waals surface area contributed by atoms with Crippen LogP contribution in [0.5, 0.6) is 23.0 Å². The normalized spacial score (nSPS) is 15.6. The van der Waals surface area contributed by atoms with Crippen LogP contribution >= 0.6 is 0 Å². The molecule has 4 aromatic rings. The minimum atomic E-state index is 0.331. The lowest BCUT2D eigenvalue weighted by atomic mass is 9.84. The molecule has 2 saturated heterocycles. The van der Waals surface area contributed by atoms with E-state index in [-0.39, 0.29) is 0 Å². The van der Waals surface area contributed by atoms with Crippen LogP contribution in [0.15, 0.2) is 97.1 Å². The van der Waals surface area contributed by atoms with Crippen molar-refractivity contribution in [3.8, 4) is 23.0 Å². The topological polar surface area (TPSA) is 76.1 Å². The van der Waals surface area contributed by atoms with E-state index in [1.165, 1.54) is 145 Å². The highest BCUT2D eigenvalue weighted by atomic mass is 16.7. The lowest BCUT2D eigenvalue weighted by Crippen LogP contribution is -2.45. The number of likely N-dealkylation sites (N-methyl/N-ethyl adjacent to an activating group) is 1. The van der Waals surface area contributed by atoms with Gasteiger partial charge in [-0.25, -0.2) is 0 Å². The van der Waals surface area contributed by atoms with Gasteiger partial charge in [0.05, 0.1) is 27.4 Å². The average Bonchev–Trinajstić information content (AvgIpc) is 1.78. The molecule has 0 spiro atoms. The van der Waals surface area contributed by atoms with Crippen molar-refractivity contribution in [2.75, 3.05) is 100 Å². The molecule has 9 nitrogen and oxygen atoms in total. The average molecular weight is 1340 g/mol. The Labute approximate surface area is 595 Å². The Kier molecular flexibility index (Phi) is 55.1. The zero-order chi connectivity index (χ0) is 72.2. The maximum Gasteiger partial charge on any atom is 0.231 e. The van der Waals surface area contributed by atoms with Crippen LogP contribution in [0.2, 0.25) is 0 Å². The predicted octanol–water partition coefficient (Wildman–Crippen LogP) is 22.9. The van der Waals surface area contributed by atoms with Gasteiger partial charge in [0.1, 0.15) is 11.5 Å². The maximum atomic E-state index is 8.24. The lowest BCUT2D eigenvalue weighted by Gasteiger charge is -2.33. The van der Waals surface area contributed by atoms with Gasteiger partial charge in [-0.2, -0.15) is 0 Å². The number of morpholine rings is 1. The molecule has 4 aromatic carbocycles. The van der Waals surface area contributed by atoms with E-state index in [0.717, 1.165) is 115 Å². The van der Waals surface area contributed by atoms with Crippen molar-refractivity contribution in [2.24, 2.45) is 59.2 Å². The first-order chi connectivity index (χ1) is 45.6. The van der Waals surface area contributed by atoms with E-state index in [1.54, 1.807) is 14.2 Å². The number of hydrogen-bond donors (Lipinski definition) is 1. The smallest absolute Gasteiger partial charge is 0.231 e. The molecule has 0 atom stereocenters. The first kappa shape index (κ1) is 91.9. The fraction of sp³-hybridized carbons (Fsp3) is 0.724. The van der Waals surface area contributed by atoms with E-state index in [1.807, 2.05) is 36.4 Å². The van der Waals surface area contributed by atoms with Crippen LogP contribution in [0.4, 0.5) is 0 Å². The van der Waals surface area contributed by atoms with E-state index in [9.17, 15) is 0 Å². The SMILES string of the molecule is CC(C)C1CCCC1.CC(C)CC1CCCCC1.CC(C)CCO.CC(C)CN1CCN(C)CC1.CC(C)CN1CCOCC1.CC(C)Cc1ccccc1.CC(C)c1ccc2c(c1)OCO2.CCCC(C)C.COc1ccc(C(C)C)cc1.COc1ccc(CC(C)C)cc1. The minimum absolute atomic E-state index is 0.331. The summed E-state index contributed by atoms with van der Waals surface area (Å²) < 4.78 is 25.8. The summed E-state index contributed by atoms with van der Waals surface area (Å²) in [7, 11) is 5.58. The number of piperazine rings is 1. The molecule has 0 aromatic heterocycles. The fourth-order valence-corrected chi connectivity index (χ4v) is 12.0. The van der Waals surface area contributed by atoms with E-state index in [4.69, 9.17) is 28.8 Å². The van der Waals surface area contributed by atoms with Gasteiger partial charge in [0.25, 0.3) is 0 Å². The number of fused-ring (bicyclic) bond motifs is 1. The van der Waals surface area contributed by atoms with Gasteiger partial charge in [0.2, 0.25) is 6.79 Å². The highest BCUT2D eigenvalue weighted by molar-refractivity contribution is 5.45. The van der Waals surface area contributed by atoms with Gasteiger partial charge in [0.15, 0.2) is 11.5 Å². The summed E-state index contributed by atoms with van der Waals surface area (Å²) in [5.74, 6) is 13.4. The van der Waals surface area contributed by atoms with Crippen molar-refractivity contribution in [3.05, 3.63) is 119 Å². The van der Waals surface area contributed by atoms with Gasteiger partial charge < -0.3 is 38.6 Å². The van der Waals surface area contributed by atoms with Crippen LogP contribution in [0.25, 0.3) is 0 Å². The zero-order valence-corrected chi connectivity index (χ0v) is 67.1. The molecule has 96 heavy (non-hydrogen) atoms. The van der Waals surface area contributed by atoms with E-state index < -0.39 is 0 Å². The zero-order valence-electron chi connectivity index (χ0n) is 67.1. The molecule has 0 bridgehead atoms. The van der Waals surface area contributed by atoms with Gasteiger partial charge in [0, 0.05) is 59.0 Å². The largest absolute Gasteiger partial charge is 0.497 e. The van der Waals surface area contributed by atoms with E-state index >= 15 is 0 Å². The number of nitrogens with zero attached hydrogens (tertiary/aromatic N) is 3. The molecule has 2 aliphatic carbocycles. The number of hydrogen-bond acceptors (Lipinski definition) is 9. The first-order valence-electron chi connectivity index (χ1n) is 38.6. The molecular formula is C87H155N3O6. The van der Waals surface area contributed by atoms with Crippen LogP contribution < -0.4 is 18.9 Å². The molecule has 5 aliphatic rings. The summed E-state index contributed by atoms with van der Waals surface area (Å²) in [6, 6.07) is 33.2. The maximum absolute atomic E-state index is 8.24. The molecule has 0 unspecified atom stereocenters. The first-order valence-corrected chi connectivity index (χ1v) is 38.6. The number of methoxy groups -OCH3 is 2. The molecule has 9 heteroatoms. The number of rotatable bonds is 19. The lowest BCUT2D eigenvalue weighted by molar-refractivity contribution is 0.0329. The Bertz CT molecular complexity index is 2270. The number of ether oxygens (including phenoxy) is 5. The summed E-state index contributed by atoms with van der Waals surface area (Å²) in [5.41, 5.74) is 5.47. The van der Waals surface area contributed by atoms with Crippen molar-refractivity contribution in [3.63, 3.8) is 0 Å². The fourth-order valence-electron chi connectivity index (χ4n) is 12.0. The molecule has 1 N–H and O–H groups in total. The van der Waals surface area contributed by atoms with Gasteiger partial charge in [-0.05, 0) is 162 Å². The Morgan fingerprint density at radius 1 is 0.458 bits per heavy atom. The number of benzene rings is 4. The van der Waals surface area contributed by atoms with Gasteiger partial charge in [-0.15, -0.1) is 0 Å². The third-order valence-corrected chi connectivity index (χ3v) is 17.5. The molecular weight excluding hydrogens is 1180 g/mol. The second-order valence-corrected chi connectivity index (χ2v) is 31.5. The van der Waals surface area contributed by atoms with Gasteiger partial charge >= 0.3 is 0 Å². The van der Waals surface area contributed by atoms with E-state index in [0.29, 0.717) is 31.2 Å². The molecule has 554 valence electrons. The third-order valence-electron chi connectivity index (χ3n) is 17.5. The highest BCUT2D eigenvalue weighted by Gasteiger charge is 2.19. The summed E-state index contributed by atoms with van der Waals surface area (Å²) >= 11 is 0. The van der Waals surface area contributed by atoms with Gasteiger partial charge in [-0.1, -0.05) is 277 Å². The highest BCUT2D eigenvalue weighted by Crippen LogP contribution is 2.35. The van der Waals surface area contributed by atoms with Crippen molar-refractivity contribution in [2.45, 2.75) is 254 Å². The van der Waals surface area contributed by atoms with Crippen LogP contribution in [0.1, 0.15) is 263 Å².